The van der Waals surface area contributed by atoms with E-state index in [1.165, 1.54) is 0 Å². The van der Waals surface area contributed by atoms with Crippen LogP contribution in [0.15, 0.2) is 24.3 Å². The van der Waals surface area contributed by atoms with Gasteiger partial charge in [0.1, 0.15) is 0 Å². The predicted octanol–water partition coefficient (Wildman–Crippen LogP) is 1.49. The Bertz CT molecular complexity index is 372. The van der Waals surface area contributed by atoms with Crippen molar-refractivity contribution < 1.29 is 9.90 Å². The first-order chi connectivity index (χ1) is 7.53. The molecule has 0 amide bonds. The zero-order valence-electron chi connectivity index (χ0n) is 9.86. The van der Waals surface area contributed by atoms with Crippen molar-refractivity contribution in [3.8, 4) is 0 Å². The normalized spacial score (nSPS) is 11.5. The van der Waals surface area contributed by atoms with Crippen molar-refractivity contribution in [3.05, 3.63) is 35.4 Å². The van der Waals surface area contributed by atoms with E-state index in [9.17, 15) is 9.90 Å². The van der Waals surface area contributed by atoms with Gasteiger partial charge >= 0.3 is 0 Å². The molecular formula is C13H19NO2. The van der Waals surface area contributed by atoms with Gasteiger partial charge in [-0.15, -0.1) is 0 Å². The van der Waals surface area contributed by atoms with Gasteiger partial charge in [0.2, 0.25) is 0 Å². The first-order valence-electron chi connectivity index (χ1n) is 5.46. The van der Waals surface area contributed by atoms with E-state index < -0.39 is 5.41 Å². The summed E-state index contributed by atoms with van der Waals surface area (Å²) in [5.41, 5.74) is 6.54. The molecule has 0 saturated heterocycles. The summed E-state index contributed by atoms with van der Waals surface area (Å²) in [7, 11) is 0. The lowest BCUT2D eigenvalue weighted by atomic mass is 9.81. The molecule has 0 saturated carbocycles. The van der Waals surface area contributed by atoms with Crippen LogP contribution in [0.1, 0.15) is 36.2 Å². The van der Waals surface area contributed by atoms with Gasteiger partial charge in [0.15, 0.2) is 5.78 Å². The number of nitrogens with two attached hydrogens (primary N) is 1. The van der Waals surface area contributed by atoms with Crippen LogP contribution in [0, 0.1) is 0 Å². The number of carbonyl (C=O) groups is 1. The molecule has 0 aliphatic rings. The molecule has 88 valence electrons. The van der Waals surface area contributed by atoms with Crippen molar-refractivity contribution in [2.45, 2.75) is 25.7 Å². The molecule has 0 atom stereocenters. The molecule has 0 fully saturated rings. The lowest BCUT2D eigenvalue weighted by Gasteiger charge is -2.24. The van der Waals surface area contributed by atoms with Crippen LogP contribution in [0.3, 0.4) is 0 Å². The standard InChI is InChI=1S/C13H19NO2/c1-13(2,9-15)11-6-4-3-5-10(11)12(16)7-8-14/h3-6,15H,7-9,14H2,1-2H3. The molecule has 0 aliphatic carbocycles. The summed E-state index contributed by atoms with van der Waals surface area (Å²) in [5, 5.41) is 9.35. The summed E-state index contributed by atoms with van der Waals surface area (Å²) >= 11 is 0. The summed E-state index contributed by atoms with van der Waals surface area (Å²) in [6, 6.07) is 7.40. The van der Waals surface area contributed by atoms with Crippen LogP contribution in [0.5, 0.6) is 0 Å². The van der Waals surface area contributed by atoms with Gasteiger partial charge < -0.3 is 10.8 Å². The number of aliphatic hydroxyl groups excluding tert-OH is 1. The van der Waals surface area contributed by atoms with Gasteiger partial charge in [0.25, 0.3) is 0 Å². The first kappa shape index (κ1) is 12.9. The summed E-state index contributed by atoms with van der Waals surface area (Å²) < 4.78 is 0. The Morgan fingerprint density at radius 3 is 2.56 bits per heavy atom. The van der Waals surface area contributed by atoms with Gasteiger partial charge in [0, 0.05) is 17.4 Å². The molecule has 1 aromatic rings. The second-order valence-corrected chi connectivity index (χ2v) is 4.55. The fraction of sp³-hybridized carbons (Fsp3) is 0.462. The monoisotopic (exact) mass is 221 g/mol. The Morgan fingerprint density at radius 1 is 1.38 bits per heavy atom. The number of rotatable bonds is 5. The lowest BCUT2D eigenvalue weighted by Crippen LogP contribution is -2.25. The maximum absolute atomic E-state index is 11.9. The van der Waals surface area contributed by atoms with Crippen LogP contribution in [-0.4, -0.2) is 24.0 Å². The number of hydrogen-bond acceptors (Lipinski definition) is 3. The molecule has 1 rings (SSSR count). The highest BCUT2D eigenvalue weighted by atomic mass is 16.3. The zero-order chi connectivity index (χ0) is 12.2. The van der Waals surface area contributed by atoms with Crippen molar-refractivity contribution in [1.29, 1.82) is 0 Å². The van der Waals surface area contributed by atoms with E-state index in [2.05, 4.69) is 0 Å². The number of Topliss-reactive ketones (excluding diaryl/α,β-unsaturated/α-hetero) is 1. The first-order valence-corrected chi connectivity index (χ1v) is 5.46. The molecule has 0 aromatic heterocycles. The van der Waals surface area contributed by atoms with Crippen LogP contribution in [0.2, 0.25) is 0 Å². The second-order valence-electron chi connectivity index (χ2n) is 4.55. The SMILES string of the molecule is CC(C)(CO)c1ccccc1C(=O)CCN. The molecule has 0 aliphatic heterocycles. The molecule has 0 spiro atoms. The molecular weight excluding hydrogens is 202 g/mol. The Balaban J connectivity index is 3.15. The quantitative estimate of drug-likeness (QED) is 0.740. The van der Waals surface area contributed by atoms with Gasteiger partial charge in [-0.25, -0.2) is 0 Å². The maximum Gasteiger partial charge on any atom is 0.164 e. The minimum Gasteiger partial charge on any atom is -0.395 e. The van der Waals surface area contributed by atoms with E-state index in [1.807, 2.05) is 32.0 Å². The van der Waals surface area contributed by atoms with Crippen LogP contribution >= 0.6 is 0 Å². The largest absolute Gasteiger partial charge is 0.395 e. The third-order valence-electron chi connectivity index (χ3n) is 2.72. The van der Waals surface area contributed by atoms with Gasteiger partial charge in [-0.3, -0.25) is 4.79 Å². The minimum absolute atomic E-state index is 0.0138. The number of carbonyl (C=O) groups excluding carboxylic acids is 1. The van der Waals surface area contributed by atoms with E-state index in [-0.39, 0.29) is 12.4 Å². The molecule has 0 bridgehead atoms. The van der Waals surface area contributed by atoms with Crippen molar-refractivity contribution in [2.24, 2.45) is 5.73 Å². The summed E-state index contributed by atoms with van der Waals surface area (Å²) in [4.78, 5) is 11.9. The average Bonchev–Trinajstić information content (AvgIpc) is 2.29. The number of hydrogen-bond donors (Lipinski definition) is 2. The minimum atomic E-state index is -0.402. The Morgan fingerprint density at radius 2 is 2.00 bits per heavy atom. The van der Waals surface area contributed by atoms with Gasteiger partial charge in [-0.2, -0.15) is 0 Å². The highest BCUT2D eigenvalue weighted by Crippen LogP contribution is 2.26. The summed E-state index contributed by atoms with van der Waals surface area (Å²) in [6.45, 7) is 4.20. The maximum atomic E-state index is 11.9. The zero-order valence-corrected chi connectivity index (χ0v) is 9.86. The number of ketones is 1. The molecule has 3 nitrogen and oxygen atoms in total. The average molecular weight is 221 g/mol. The van der Waals surface area contributed by atoms with Gasteiger partial charge in [-0.1, -0.05) is 38.1 Å². The molecule has 3 N–H and O–H groups in total. The van der Waals surface area contributed by atoms with E-state index >= 15 is 0 Å². The molecule has 1 aromatic carbocycles. The highest BCUT2D eigenvalue weighted by Gasteiger charge is 2.24. The van der Waals surface area contributed by atoms with E-state index in [1.54, 1.807) is 6.07 Å². The third-order valence-corrected chi connectivity index (χ3v) is 2.72. The molecule has 16 heavy (non-hydrogen) atoms. The van der Waals surface area contributed by atoms with E-state index in [0.717, 1.165) is 5.56 Å². The second kappa shape index (κ2) is 5.23. The van der Waals surface area contributed by atoms with Crippen molar-refractivity contribution in [2.75, 3.05) is 13.2 Å². The highest BCUT2D eigenvalue weighted by molar-refractivity contribution is 5.97. The van der Waals surface area contributed by atoms with Crippen LogP contribution < -0.4 is 5.73 Å². The predicted molar refractivity (Wildman–Crippen MR) is 64.6 cm³/mol. The molecule has 0 heterocycles. The summed E-state index contributed by atoms with van der Waals surface area (Å²) in [5.74, 6) is 0.0413. The van der Waals surface area contributed by atoms with Crippen LogP contribution in [0.25, 0.3) is 0 Å². The molecule has 0 unspecified atom stereocenters. The number of aliphatic hydroxyl groups is 1. The van der Waals surface area contributed by atoms with Crippen molar-refractivity contribution >= 4 is 5.78 Å². The van der Waals surface area contributed by atoms with Gasteiger partial charge in [0.05, 0.1) is 6.61 Å². The number of benzene rings is 1. The Kier molecular flexibility index (Phi) is 4.21. The molecule has 0 radical (unpaired) electrons. The van der Waals surface area contributed by atoms with Gasteiger partial charge in [-0.05, 0) is 12.1 Å². The smallest absolute Gasteiger partial charge is 0.164 e. The van der Waals surface area contributed by atoms with E-state index in [0.29, 0.717) is 18.5 Å². The van der Waals surface area contributed by atoms with Crippen LogP contribution in [0.4, 0.5) is 0 Å². The van der Waals surface area contributed by atoms with Crippen LogP contribution in [-0.2, 0) is 5.41 Å². The fourth-order valence-electron chi connectivity index (χ4n) is 1.67. The third kappa shape index (κ3) is 2.68. The van der Waals surface area contributed by atoms with Crippen molar-refractivity contribution in [1.82, 2.24) is 0 Å². The fourth-order valence-corrected chi connectivity index (χ4v) is 1.67. The Hall–Kier alpha value is -1.19. The van der Waals surface area contributed by atoms with E-state index in [4.69, 9.17) is 5.73 Å². The summed E-state index contributed by atoms with van der Waals surface area (Å²) in [6.07, 6.45) is 0.346. The molecule has 3 heteroatoms. The Labute approximate surface area is 96.3 Å². The lowest BCUT2D eigenvalue weighted by molar-refractivity contribution is 0.0982. The topological polar surface area (TPSA) is 63.3 Å². The van der Waals surface area contributed by atoms with Crippen molar-refractivity contribution in [3.63, 3.8) is 0 Å².